The fourth-order valence-electron chi connectivity index (χ4n) is 2.90. The first-order chi connectivity index (χ1) is 11.1. The van der Waals surface area contributed by atoms with E-state index in [2.05, 4.69) is 5.32 Å². The van der Waals surface area contributed by atoms with Crippen molar-refractivity contribution in [2.45, 2.75) is 57.7 Å². The fraction of sp³-hybridized carbons (Fsp3) is 0.556. The van der Waals surface area contributed by atoms with Crippen molar-refractivity contribution in [2.24, 2.45) is 0 Å². The highest BCUT2D eigenvalue weighted by Gasteiger charge is 2.23. The van der Waals surface area contributed by atoms with Gasteiger partial charge in [0.15, 0.2) is 0 Å². The van der Waals surface area contributed by atoms with E-state index < -0.39 is 5.97 Å². The molecule has 1 aliphatic rings. The first-order valence-corrected chi connectivity index (χ1v) is 8.35. The van der Waals surface area contributed by atoms with Gasteiger partial charge in [0.25, 0.3) is 0 Å². The summed E-state index contributed by atoms with van der Waals surface area (Å²) in [6.07, 6.45) is 5.56. The zero-order valence-corrected chi connectivity index (χ0v) is 13.6. The van der Waals surface area contributed by atoms with Crippen LogP contribution in [0.5, 0.6) is 0 Å². The highest BCUT2D eigenvalue weighted by molar-refractivity contribution is 5.87. The first-order valence-electron chi connectivity index (χ1n) is 8.35. The quantitative estimate of drug-likeness (QED) is 0.772. The number of hydrogen-bond donors (Lipinski definition) is 2. The van der Waals surface area contributed by atoms with Gasteiger partial charge in [-0.3, -0.25) is 4.79 Å². The van der Waals surface area contributed by atoms with Gasteiger partial charge in [0.1, 0.15) is 6.10 Å². The normalized spacial score (nSPS) is 16.2. The highest BCUT2D eigenvalue weighted by Crippen LogP contribution is 2.22. The summed E-state index contributed by atoms with van der Waals surface area (Å²) in [7, 11) is 0. The average Bonchev–Trinajstić information content (AvgIpc) is 3.05. The molecular formula is C18H25NO4. The Morgan fingerprint density at radius 1 is 1.35 bits per heavy atom. The summed E-state index contributed by atoms with van der Waals surface area (Å²) in [5.74, 6) is -1.01. The van der Waals surface area contributed by atoms with E-state index in [0.717, 1.165) is 18.4 Å². The van der Waals surface area contributed by atoms with E-state index in [0.29, 0.717) is 19.4 Å². The monoisotopic (exact) mass is 319 g/mol. The Morgan fingerprint density at radius 3 is 2.74 bits per heavy atom. The summed E-state index contributed by atoms with van der Waals surface area (Å²) in [5, 5.41) is 11.9. The maximum absolute atomic E-state index is 12.2. The second-order valence-corrected chi connectivity index (χ2v) is 5.99. The Morgan fingerprint density at radius 2 is 2.09 bits per heavy atom. The van der Waals surface area contributed by atoms with E-state index in [4.69, 9.17) is 9.84 Å². The van der Waals surface area contributed by atoms with Gasteiger partial charge < -0.3 is 15.2 Å². The molecule has 0 aromatic heterocycles. The van der Waals surface area contributed by atoms with Crippen LogP contribution in [0.2, 0.25) is 0 Å². The molecule has 0 aliphatic heterocycles. The Balaban J connectivity index is 1.78. The number of aromatic carboxylic acids is 1. The molecule has 5 nitrogen and oxygen atoms in total. The SMILES string of the molecule is CCC(OC1CCCC1)C(=O)NCCc1cccc(C(=O)O)c1. The lowest BCUT2D eigenvalue weighted by molar-refractivity contribution is -0.136. The second kappa shape index (κ2) is 8.67. The van der Waals surface area contributed by atoms with Gasteiger partial charge in [0.05, 0.1) is 11.7 Å². The molecule has 1 saturated carbocycles. The summed E-state index contributed by atoms with van der Waals surface area (Å²) in [5.41, 5.74) is 1.17. The van der Waals surface area contributed by atoms with Crippen LogP contribution < -0.4 is 5.32 Å². The van der Waals surface area contributed by atoms with Gasteiger partial charge in [-0.15, -0.1) is 0 Å². The van der Waals surface area contributed by atoms with Crippen molar-refractivity contribution in [3.8, 4) is 0 Å². The lowest BCUT2D eigenvalue weighted by atomic mass is 10.1. The topological polar surface area (TPSA) is 75.6 Å². The van der Waals surface area contributed by atoms with Crippen molar-refractivity contribution in [2.75, 3.05) is 6.54 Å². The van der Waals surface area contributed by atoms with E-state index in [9.17, 15) is 9.59 Å². The van der Waals surface area contributed by atoms with Crippen molar-refractivity contribution < 1.29 is 19.4 Å². The number of carbonyl (C=O) groups is 2. The molecule has 0 spiro atoms. The molecular weight excluding hydrogens is 294 g/mol. The zero-order valence-electron chi connectivity index (χ0n) is 13.6. The minimum absolute atomic E-state index is 0.0752. The van der Waals surface area contributed by atoms with Crippen molar-refractivity contribution in [3.63, 3.8) is 0 Å². The molecule has 1 aromatic rings. The summed E-state index contributed by atoms with van der Waals surface area (Å²) in [4.78, 5) is 23.1. The standard InChI is InChI=1S/C18H25NO4/c1-2-16(23-15-8-3-4-9-15)17(20)19-11-10-13-6-5-7-14(12-13)18(21)22/h5-7,12,15-16H,2-4,8-11H2,1H3,(H,19,20)(H,21,22). The number of benzene rings is 1. The van der Waals surface area contributed by atoms with Crippen LogP contribution in [0, 0.1) is 0 Å². The molecule has 0 saturated heterocycles. The number of hydrogen-bond acceptors (Lipinski definition) is 3. The predicted molar refractivity (Wildman–Crippen MR) is 87.5 cm³/mol. The Bertz CT molecular complexity index is 538. The third-order valence-corrected chi connectivity index (χ3v) is 4.21. The van der Waals surface area contributed by atoms with Crippen LogP contribution in [0.3, 0.4) is 0 Å². The molecule has 1 atom stereocenters. The number of carbonyl (C=O) groups excluding carboxylic acids is 1. The number of carboxylic acids is 1. The molecule has 1 fully saturated rings. The molecule has 0 radical (unpaired) electrons. The molecule has 1 amide bonds. The maximum Gasteiger partial charge on any atom is 0.335 e. The summed E-state index contributed by atoms with van der Waals surface area (Å²) in [6.45, 7) is 2.43. The van der Waals surface area contributed by atoms with Crippen LogP contribution in [-0.4, -0.2) is 35.7 Å². The zero-order chi connectivity index (χ0) is 16.7. The molecule has 5 heteroatoms. The number of nitrogens with one attached hydrogen (secondary N) is 1. The number of amides is 1. The summed E-state index contributed by atoms with van der Waals surface area (Å²) < 4.78 is 5.89. The van der Waals surface area contributed by atoms with Crippen LogP contribution >= 0.6 is 0 Å². The lowest BCUT2D eigenvalue weighted by Crippen LogP contribution is -2.38. The maximum atomic E-state index is 12.2. The number of ether oxygens (including phenoxy) is 1. The van der Waals surface area contributed by atoms with E-state index >= 15 is 0 Å². The van der Waals surface area contributed by atoms with Gasteiger partial charge in [-0.05, 0) is 43.4 Å². The van der Waals surface area contributed by atoms with Gasteiger partial charge >= 0.3 is 5.97 Å². The smallest absolute Gasteiger partial charge is 0.335 e. The van der Waals surface area contributed by atoms with E-state index in [1.807, 2.05) is 13.0 Å². The molecule has 23 heavy (non-hydrogen) atoms. The number of carboxylic acid groups (broad SMARTS) is 1. The summed E-state index contributed by atoms with van der Waals surface area (Å²) in [6, 6.07) is 6.79. The molecule has 2 rings (SSSR count). The third-order valence-electron chi connectivity index (χ3n) is 4.21. The molecule has 0 bridgehead atoms. The van der Waals surface area contributed by atoms with Crippen molar-refractivity contribution in [1.29, 1.82) is 0 Å². The van der Waals surface area contributed by atoms with Crippen molar-refractivity contribution >= 4 is 11.9 Å². The van der Waals surface area contributed by atoms with Crippen LogP contribution in [0.1, 0.15) is 54.9 Å². The molecule has 1 aliphatic carbocycles. The second-order valence-electron chi connectivity index (χ2n) is 5.99. The summed E-state index contributed by atoms with van der Waals surface area (Å²) >= 11 is 0. The van der Waals surface area contributed by atoms with Crippen LogP contribution in [0.15, 0.2) is 24.3 Å². The lowest BCUT2D eigenvalue weighted by Gasteiger charge is -2.20. The van der Waals surface area contributed by atoms with E-state index in [1.54, 1.807) is 18.2 Å². The highest BCUT2D eigenvalue weighted by atomic mass is 16.5. The average molecular weight is 319 g/mol. The van der Waals surface area contributed by atoms with Gasteiger partial charge in [-0.2, -0.15) is 0 Å². The van der Waals surface area contributed by atoms with Gasteiger partial charge in [-0.1, -0.05) is 31.9 Å². The van der Waals surface area contributed by atoms with Gasteiger partial charge in [0.2, 0.25) is 5.91 Å². The van der Waals surface area contributed by atoms with E-state index in [1.165, 1.54) is 12.8 Å². The van der Waals surface area contributed by atoms with Gasteiger partial charge in [-0.25, -0.2) is 4.79 Å². The minimum atomic E-state index is -0.938. The number of rotatable bonds is 8. The van der Waals surface area contributed by atoms with Crippen molar-refractivity contribution in [3.05, 3.63) is 35.4 Å². The van der Waals surface area contributed by atoms with Crippen LogP contribution in [0.25, 0.3) is 0 Å². The molecule has 0 heterocycles. The first kappa shape index (κ1) is 17.5. The Hall–Kier alpha value is -1.88. The predicted octanol–water partition coefficient (Wildman–Crippen LogP) is 2.78. The Labute approximate surface area is 137 Å². The minimum Gasteiger partial charge on any atom is -0.478 e. The fourth-order valence-corrected chi connectivity index (χ4v) is 2.90. The van der Waals surface area contributed by atoms with E-state index in [-0.39, 0.29) is 23.7 Å². The van der Waals surface area contributed by atoms with Crippen LogP contribution in [0.4, 0.5) is 0 Å². The molecule has 1 aromatic carbocycles. The molecule has 126 valence electrons. The molecule has 1 unspecified atom stereocenters. The van der Waals surface area contributed by atoms with Crippen LogP contribution in [-0.2, 0) is 16.0 Å². The Kier molecular flexibility index (Phi) is 6.59. The van der Waals surface area contributed by atoms with Gasteiger partial charge in [0, 0.05) is 6.54 Å². The third kappa shape index (κ3) is 5.36. The largest absolute Gasteiger partial charge is 0.478 e. The van der Waals surface area contributed by atoms with Crippen molar-refractivity contribution in [1.82, 2.24) is 5.32 Å². The molecule has 2 N–H and O–H groups in total.